The molecule has 26 heavy (non-hydrogen) atoms. The Morgan fingerprint density at radius 2 is 1.73 bits per heavy atom. The lowest BCUT2D eigenvalue weighted by Gasteiger charge is -2.10. The third-order valence-corrected chi connectivity index (χ3v) is 4.08. The van der Waals surface area contributed by atoms with Crippen LogP contribution in [0.25, 0.3) is 16.7 Å². The molecule has 0 atom stereocenters. The number of nitrogens with one attached hydrogen (secondary N) is 2. The first-order chi connectivity index (χ1) is 12.7. The van der Waals surface area contributed by atoms with E-state index in [1.165, 1.54) is 5.56 Å². The molecular formula is C20H20N6. The monoisotopic (exact) mass is 344 g/mol. The van der Waals surface area contributed by atoms with Gasteiger partial charge in [0.2, 0.25) is 5.95 Å². The number of benzene rings is 2. The van der Waals surface area contributed by atoms with Crippen molar-refractivity contribution < 1.29 is 0 Å². The predicted molar refractivity (Wildman–Crippen MR) is 105 cm³/mol. The molecule has 0 aliphatic rings. The number of rotatable bonds is 5. The Morgan fingerprint density at radius 3 is 2.46 bits per heavy atom. The fraction of sp³-hybridized carbons (Fsp3) is 0.150. The van der Waals surface area contributed by atoms with Gasteiger partial charge in [0.1, 0.15) is 5.82 Å². The molecule has 4 rings (SSSR count). The van der Waals surface area contributed by atoms with Crippen molar-refractivity contribution in [1.29, 1.82) is 0 Å². The van der Waals surface area contributed by atoms with Gasteiger partial charge < -0.3 is 10.6 Å². The summed E-state index contributed by atoms with van der Waals surface area (Å²) in [6.45, 7) is 4.84. The highest BCUT2D eigenvalue weighted by atomic mass is 15.3. The molecule has 0 amide bonds. The molecule has 0 fully saturated rings. The predicted octanol–water partition coefficient (Wildman–Crippen LogP) is 4.30. The summed E-state index contributed by atoms with van der Waals surface area (Å²) in [5.74, 6) is 1.31. The highest BCUT2D eigenvalue weighted by Gasteiger charge is 2.14. The number of anilines is 3. The Morgan fingerprint density at radius 1 is 0.962 bits per heavy atom. The Balaban J connectivity index is 1.83. The second-order valence-corrected chi connectivity index (χ2v) is 6.05. The zero-order valence-electron chi connectivity index (χ0n) is 14.8. The summed E-state index contributed by atoms with van der Waals surface area (Å²) in [5.41, 5.74) is 3.92. The van der Waals surface area contributed by atoms with Crippen molar-refractivity contribution in [3.05, 3.63) is 66.4 Å². The van der Waals surface area contributed by atoms with E-state index in [0.717, 1.165) is 34.8 Å². The zero-order valence-corrected chi connectivity index (χ0v) is 14.8. The van der Waals surface area contributed by atoms with E-state index in [1.807, 2.05) is 54.1 Å². The molecule has 130 valence electrons. The summed E-state index contributed by atoms with van der Waals surface area (Å²) in [4.78, 5) is 9.28. The molecule has 2 aromatic carbocycles. The molecule has 2 heterocycles. The molecule has 6 nitrogen and oxygen atoms in total. The molecule has 0 aliphatic carbocycles. The van der Waals surface area contributed by atoms with Crippen molar-refractivity contribution in [3.63, 3.8) is 0 Å². The number of hydrogen-bond donors (Lipinski definition) is 2. The Kier molecular flexibility index (Phi) is 4.23. The highest BCUT2D eigenvalue weighted by molar-refractivity contribution is 5.90. The molecule has 0 aliphatic heterocycles. The zero-order chi connectivity index (χ0) is 17.9. The molecule has 4 aromatic rings. The summed E-state index contributed by atoms with van der Waals surface area (Å²) < 4.78 is 1.83. The van der Waals surface area contributed by atoms with E-state index in [-0.39, 0.29) is 0 Å². The van der Waals surface area contributed by atoms with E-state index in [9.17, 15) is 0 Å². The van der Waals surface area contributed by atoms with E-state index in [4.69, 9.17) is 0 Å². The van der Waals surface area contributed by atoms with Crippen molar-refractivity contribution in [2.75, 3.05) is 17.2 Å². The quantitative estimate of drug-likeness (QED) is 0.565. The van der Waals surface area contributed by atoms with Gasteiger partial charge in [-0.25, -0.2) is 4.68 Å². The molecule has 0 bridgehead atoms. The first-order valence-corrected chi connectivity index (χ1v) is 8.63. The van der Waals surface area contributed by atoms with Gasteiger partial charge in [0, 0.05) is 12.2 Å². The number of para-hydroxylation sites is 1. The summed E-state index contributed by atoms with van der Waals surface area (Å²) in [5, 5.41) is 12.0. The molecule has 2 N–H and O–H groups in total. The van der Waals surface area contributed by atoms with Crippen LogP contribution in [0.5, 0.6) is 0 Å². The lowest BCUT2D eigenvalue weighted by Crippen LogP contribution is -2.06. The van der Waals surface area contributed by atoms with Gasteiger partial charge in [-0.1, -0.05) is 35.9 Å². The van der Waals surface area contributed by atoms with Crippen LogP contribution in [0, 0.1) is 6.92 Å². The molecule has 0 radical (unpaired) electrons. The first kappa shape index (κ1) is 16.1. The summed E-state index contributed by atoms with van der Waals surface area (Å²) in [6.07, 6.45) is 1.80. The molecule has 6 heteroatoms. The van der Waals surface area contributed by atoms with Crippen LogP contribution in [0.1, 0.15) is 12.5 Å². The van der Waals surface area contributed by atoms with E-state index in [0.29, 0.717) is 5.95 Å². The van der Waals surface area contributed by atoms with Gasteiger partial charge in [-0.2, -0.15) is 15.1 Å². The van der Waals surface area contributed by atoms with Crippen LogP contribution in [0.15, 0.2) is 60.8 Å². The molecule has 2 aromatic heterocycles. The summed E-state index contributed by atoms with van der Waals surface area (Å²) >= 11 is 0. The molecule has 0 spiro atoms. The normalized spacial score (nSPS) is 10.8. The number of aryl methyl sites for hydroxylation is 1. The Labute approximate surface area is 151 Å². The number of aromatic nitrogens is 4. The van der Waals surface area contributed by atoms with E-state index in [1.54, 1.807) is 6.20 Å². The van der Waals surface area contributed by atoms with Crippen molar-refractivity contribution in [2.24, 2.45) is 0 Å². The van der Waals surface area contributed by atoms with Crippen molar-refractivity contribution in [1.82, 2.24) is 19.7 Å². The average molecular weight is 344 g/mol. The number of hydrogen-bond acceptors (Lipinski definition) is 5. The fourth-order valence-corrected chi connectivity index (χ4v) is 2.77. The maximum atomic E-state index is 4.66. The number of nitrogens with zero attached hydrogens (tertiary/aromatic N) is 4. The smallest absolute Gasteiger partial charge is 0.226 e. The van der Waals surface area contributed by atoms with Crippen LogP contribution in [-0.2, 0) is 0 Å². The maximum Gasteiger partial charge on any atom is 0.226 e. The van der Waals surface area contributed by atoms with Gasteiger partial charge in [0.15, 0.2) is 5.65 Å². The van der Waals surface area contributed by atoms with Crippen LogP contribution < -0.4 is 10.6 Å². The van der Waals surface area contributed by atoms with Crippen LogP contribution >= 0.6 is 0 Å². The Hall–Kier alpha value is -3.41. The second kappa shape index (κ2) is 6.84. The van der Waals surface area contributed by atoms with E-state index >= 15 is 0 Å². The van der Waals surface area contributed by atoms with Crippen molar-refractivity contribution in [3.8, 4) is 5.69 Å². The van der Waals surface area contributed by atoms with Gasteiger partial charge in [0.05, 0.1) is 17.3 Å². The Bertz CT molecular complexity index is 1020. The first-order valence-electron chi connectivity index (χ1n) is 8.63. The molecule has 0 saturated carbocycles. The lowest BCUT2D eigenvalue weighted by molar-refractivity contribution is 0.895. The fourth-order valence-electron chi connectivity index (χ4n) is 2.77. The average Bonchev–Trinajstić information content (AvgIpc) is 3.09. The van der Waals surface area contributed by atoms with Crippen LogP contribution in [-0.4, -0.2) is 26.3 Å². The van der Waals surface area contributed by atoms with Gasteiger partial charge >= 0.3 is 0 Å². The third-order valence-electron chi connectivity index (χ3n) is 4.08. The lowest BCUT2D eigenvalue weighted by atomic mass is 10.2. The van der Waals surface area contributed by atoms with Crippen LogP contribution in [0.3, 0.4) is 0 Å². The van der Waals surface area contributed by atoms with Crippen molar-refractivity contribution in [2.45, 2.75) is 13.8 Å². The van der Waals surface area contributed by atoms with E-state index in [2.05, 4.69) is 44.8 Å². The SMILES string of the molecule is CCNc1nc(Nc2ccc(C)cc2)c2cnn(-c3ccccc3)c2n1. The van der Waals surface area contributed by atoms with Crippen molar-refractivity contribution >= 4 is 28.5 Å². The standard InChI is InChI=1S/C20H20N6/c1-3-21-20-24-18(23-15-11-9-14(2)10-12-15)17-13-22-26(19(17)25-20)16-7-5-4-6-8-16/h4-13H,3H2,1-2H3,(H2,21,23,24,25). The minimum absolute atomic E-state index is 0.576. The topological polar surface area (TPSA) is 67.7 Å². The van der Waals surface area contributed by atoms with Crippen LogP contribution in [0.4, 0.5) is 17.5 Å². The summed E-state index contributed by atoms with van der Waals surface area (Å²) in [7, 11) is 0. The number of fused-ring (bicyclic) bond motifs is 1. The van der Waals surface area contributed by atoms with Gasteiger partial charge in [-0.15, -0.1) is 0 Å². The van der Waals surface area contributed by atoms with E-state index < -0.39 is 0 Å². The second-order valence-electron chi connectivity index (χ2n) is 6.05. The minimum Gasteiger partial charge on any atom is -0.354 e. The summed E-state index contributed by atoms with van der Waals surface area (Å²) in [6, 6.07) is 18.2. The largest absolute Gasteiger partial charge is 0.354 e. The van der Waals surface area contributed by atoms with Gasteiger partial charge in [-0.05, 0) is 38.1 Å². The van der Waals surface area contributed by atoms with Crippen LogP contribution in [0.2, 0.25) is 0 Å². The third kappa shape index (κ3) is 3.09. The minimum atomic E-state index is 0.576. The van der Waals surface area contributed by atoms with Gasteiger partial charge in [-0.3, -0.25) is 0 Å². The molecule has 0 saturated heterocycles. The molecule has 0 unspecified atom stereocenters. The maximum absolute atomic E-state index is 4.66. The highest BCUT2D eigenvalue weighted by Crippen LogP contribution is 2.27. The van der Waals surface area contributed by atoms with Gasteiger partial charge in [0.25, 0.3) is 0 Å². The molecular weight excluding hydrogens is 324 g/mol.